The van der Waals surface area contributed by atoms with E-state index in [9.17, 15) is 10.1 Å². The second-order valence-corrected chi connectivity index (χ2v) is 6.95. The van der Waals surface area contributed by atoms with Gasteiger partial charge in [0.2, 0.25) is 0 Å². The summed E-state index contributed by atoms with van der Waals surface area (Å²) < 4.78 is 0. The number of hydrogen-bond donors (Lipinski definition) is 1. The molecule has 1 aliphatic carbocycles. The SMILES string of the molecule is CC1=C(C#N)C(c2ccccc2)C2=C(CC(c3ccccc3)CC2=O)N1. The molecule has 0 saturated heterocycles. The van der Waals surface area contributed by atoms with Gasteiger partial charge in [-0.3, -0.25) is 4.79 Å². The Balaban J connectivity index is 1.79. The molecule has 0 fully saturated rings. The number of carbonyl (C=O) groups excluding carboxylic acids is 1. The highest BCUT2D eigenvalue weighted by Gasteiger charge is 2.38. The maximum atomic E-state index is 13.1. The van der Waals surface area contributed by atoms with Crippen molar-refractivity contribution in [3.8, 4) is 6.07 Å². The number of Topliss-reactive ketones (excluding diaryl/α,β-unsaturated/α-hetero) is 1. The van der Waals surface area contributed by atoms with E-state index in [2.05, 4.69) is 23.5 Å². The predicted molar refractivity (Wildman–Crippen MR) is 101 cm³/mol. The largest absolute Gasteiger partial charge is 0.361 e. The minimum absolute atomic E-state index is 0.140. The predicted octanol–water partition coefficient (Wildman–Crippen LogP) is 4.57. The molecule has 0 aromatic heterocycles. The molecule has 128 valence electrons. The highest BCUT2D eigenvalue weighted by Crippen LogP contribution is 2.44. The molecule has 3 nitrogen and oxygen atoms in total. The summed E-state index contributed by atoms with van der Waals surface area (Å²) in [5, 5.41) is 13.1. The number of rotatable bonds is 2. The van der Waals surface area contributed by atoms with E-state index in [1.165, 1.54) is 5.56 Å². The van der Waals surface area contributed by atoms with Gasteiger partial charge in [-0.05, 0) is 30.4 Å². The number of dihydropyridines is 1. The number of nitrogens with one attached hydrogen (secondary N) is 1. The van der Waals surface area contributed by atoms with Crippen molar-refractivity contribution in [3.63, 3.8) is 0 Å². The van der Waals surface area contributed by atoms with Crippen LogP contribution in [0.25, 0.3) is 0 Å². The van der Waals surface area contributed by atoms with Crippen LogP contribution in [0.5, 0.6) is 0 Å². The summed E-state index contributed by atoms with van der Waals surface area (Å²) in [6.07, 6.45) is 1.29. The van der Waals surface area contributed by atoms with Gasteiger partial charge >= 0.3 is 0 Å². The molecule has 0 radical (unpaired) electrons. The minimum Gasteiger partial charge on any atom is -0.361 e. The average molecular weight is 340 g/mol. The summed E-state index contributed by atoms with van der Waals surface area (Å²) in [5.41, 5.74) is 5.43. The third-order valence-corrected chi connectivity index (χ3v) is 5.35. The first kappa shape index (κ1) is 16.4. The fourth-order valence-electron chi connectivity index (χ4n) is 4.13. The average Bonchev–Trinajstić information content (AvgIpc) is 2.68. The number of benzene rings is 2. The lowest BCUT2D eigenvalue weighted by atomic mass is 9.72. The zero-order chi connectivity index (χ0) is 18.1. The summed E-state index contributed by atoms with van der Waals surface area (Å²) in [7, 11) is 0. The monoisotopic (exact) mass is 340 g/mol. The van der Waals surface area contributed by atoms with Crippen LogP contribution in [0.1, 0.15) is 42.7 Å². The maximum absolute atomic E-state index is 13.1. The molecule has 2 aromatic rings. The van der Waals surface area contributed by atoms with Crippen LogP contribution < -0.4 is 5.32 Å². The number of carbonyl (C=O) groups is 1. The fraction of sp³-hybridized carbons (Fsp3) is 0.217. The molecule has 3 heteroatoms. The number of nitrogens with zero attached hydrogens (tertiary/aromatic N) is 1. The van der Waals surface area contributed by atoms with Gasteiger partial charge in [-0.15, -0.1) is 0 Å². The molecule has 0 bridgehead atoms. The van der Waals surface area contributed by atoms with E-state index in [0.29, 0.717) is 12.0 Å². The topological polar surface area (TPSA) is 52.9 Å². The fourth-order valence-corrected chi connectivity index (χ4v) is 4.13. The molecule has 1 heterocycles. The lowest BCUT2D eigenvalue weighted by Gasteiger charge is -2.35. The third-order valence-electron chi connectivity index (χ3n) is 5.35. The Bertz CT molecular complexity index is 949. The van der Waals surface area contributed by atoms with E-state index < -0.39 is 0 Å². The van der Waals surface area contributed by atoms with Gasteiger partial charge in [0.1, 0.15) is 0 Å². The summed E-state index contributed by atoms with van der Waals surface area (Å²) in [6, 6.07) is 22.4. The molecule has 1 N–H and O–H groups in total. The number of allylic oxidation sites excluding steroid dienone is 4. The van der Waals surface area contributed by atoms with Gasteiger partial charge in [0.05, 0.1) is 17.6 Å². The second-order valence-electron chi connectivity index (χ2n) is 6.95. The summed E-state index contributed by atoms with van der Waals surface area (Å²) >= 11 is 0. The zero-order valence-corrected chi connectivity index (χ0v) is 14.7. The van der Waals surface area contributed by atoms with Gasteiger partial charge < -0.3 is 5.32 Å². The van der Waals surface area contributed by atoms with Crippen molar-refractivity contribution < 1.29 is 4.79 Å². The van der Waals surface area contributed by atoms with Crippen molar-refractivity contribution in [3.05, 3.63) is 94.3 Å². The lowest BCUT2D eigenvalue weighted by molar-refractivity contribution is -0.116. The molecule has 4 rings (SSSR count). The summed E-state index contributed by atoms with van der Waals surface area (Å²) in [5.74, 6) is 0.0613. The smallest absolute Gasteiger partial charge is 0.162 e. The Labute approximate surface area is 153 Å². The van der Waals surface area contributed by atoms with E-state index in [1.54, 1.807) is 0 Å². The van der Waals surface area contributed by atoms with Crippen LogP contribution in [0, 0.1) is 11.3 Å². The Kier molecular flexibility index (Phi) is 4.18. The molecule has 0 saturated carbocycles. The summed E-state index contributed by atoms with van der Waals surface area (Å²) in [4.78, 5) is 13.1. The molecular weight excluding hydrogens is 320 g/mol. The Morgan fingerprint density at radius 3 is 2.19 bits per heavy atom. The first-order valence-corrected chi connectivity index (χ1v) is 8.93. The van der Waals surface area contributed by atoms with Crippen LogP contribution in [-0.2, 0) is 4.79 Å². The van der Waals surface area contributed by atoms with Gasteiger partial charge in [-0.2, -0.15) is 5.26 Å². The number of nitriles is 1. The van der Waals surface area contributed by atoms with Crippen molar-refractivity contribution in [1.82, 2.24) is 5.32 Å². The lowest BCUT2D eigenvalue weighted by Crippen LogP contribution is -2.33. The van der Waals surface area contributed by atoms with Gasteiger partial charge in [0, 0.05) is 23.4 Å². The van der Waals surface area contributed by atoms with E-state index in [4.69, 9.17) is 0 Å². The molecule has 2 aliphatic rings. The van der Waals surface area contributed by atoms with Crippen LogP contribution in [0.3, 0.4) is 0 Å². The van der Waals surface area contributed by atoms with E-state index >= 15 is 0 Å². The Hall–Kier alpha value is -3.12. The molecule has 2 atom stereocenters. The molecule has 2 unspecified atom stereocenters. The van der Waals surface area contributed by atoms with Crippen LogP contribution in [-0.4, -0.2) is 5.78 Å². The Morgan fingerprint density at radius 1 is 0.962 bits per heavy atom. The third kappa shape index (κ3) is 2.74. The van der Waals surface area contributed by atoms with Gasteiger partial charge in [-0.25, -0.2) is 0 Å². The second kappa shape index (κ2) is 6.65. The van der Waals surface area contributed by atoms with E-state index in [-0.39, 0.29) is 17.6 Å². The highest BCUT2D eigenvalue weighted by molar-refractivity contribution is 6.00. The molecule has 0 amide bonds. The standard InChI is InChI=1S/C23H20N2O/c1-15-19(14-24)22(17-10-6-3-7-11-17)23-20(25-15)12-18(13-21(23)26)16-8-4-2-5-9-16/h2-11,18,22,25H,12-13H2,1H3. The van der Waals surface area contributed by atoms with E-state index in [1.807, 2.05) is 55.5 Å². The van der Waals surface area contributed by atoms with Crippen molar-refractivity contribution in [2.45, 2.75) is 31.6 Å². The molecule has 2 aromatic carbocycles. The summed E-state index contributed by atoms with van der Waals surface area (Å²) in [6.45, 7) is 1.93. The molecule has 26 heavy (non-hydrogen) atoms. The highest BCUT2D eigenvalue weighted by atomic mass is 16.1. The van der Waals surface area contributed by atoms with Crippen molar-refractivity contribution >= 4 is 5.78 Å². The van der Waals surface area contributed by atoms with Gasteiger partial charge in [0.25, 0.3) is 0 Å². The maximum Gasteiger partial charge on any atom is 0.162 e. The molecule has 0 spiro atoms. The number of hydrogen-bond acceptors (Lipinski definition) is 3. The Morgan fingerprint density at radius 2 is 1.58 bits per heavy atom. The van der Waals surface area contributed by atoms with Crippen molar-refractivity contribution in [2.24, 2.45) is 0 Å². The van der Waals surface area contributed by atoms with Crippen LogP contribution in [0.15, 0.2) is 83.2 Å². The van der Waals surface area contributed by atoms with Crippen LogP contribution in [0.2, 0.25) is 0 Å². The van der Waals surface area contributed by atoms with Gasteiger partial charge in [-0.1, -0.05) is 60.7 Å². The normalized spacial score (nSPS) is 22.5. The molecular formula is C23H20N2O. The van der Waals surface area contributed by atoms with Crippen molar-refractivity contribution in [2.75, 3.05) is 0 Å². The zero-order valence-electron chi connectivity index (χ0n) is 14.7. The first-order valence-electron chi connectivity index (χ1n) is 8.93. The van der Waals surface area contributed by atoms with E-state index in [0.717, 1.165) is 29.0 Å². The van der Waals surface area contributed by atoms with Crippen LogP contribution >= 0.6 is 0 Å². The number of ketones is 1. The first-order chi connectivity index (χ1) is 12.7. The quantitative estimate of drug-likeness (QED) is 0.871. The minimum atomic E-state index is -0.262. The van der Waals surface area contributed by atoms with Crippen LogP contribution in [0.4, 0.5) is 0 Å². The van der Waals surface area contributed by atoms with Crippen molar-refractivity contribution in [1.29, 1.82) is 5.26 Å². The molecule has 1 aliphatic heterocycles. The van der Waals surface area contributed by atoms with Gasteiger partial charge in [0.15, 0.2) is 5.78 Å².